The van der Waals surface area contributed by atoms with E-state index in [9.17, 15) is 4.79 Å². The molecular weight excluding hydrogens is 342 g/mol. The van der Waals surface area contributed by atoms with Crippen LogP contribution < -0.4 is 5.56 Å². The lowest BCUT2D eigenvalue weighted by Gasteiger charge is -2.34. The van der Waals surface area contributed by atoms with E-state index >= 15 is 0 Å². The van der Waals surface area contributed by atoms with Crippen LogP contribution in [-0.2, 0) is 0 Å². The number of fused-ring (bicyclic) bond motifs is 1. The van der Waals surface area contributed by atoms with Crippen molar-refractivity contribution in [3.05, 3.63) is 70.7 Å². The number of H-pyrrole nitrogens is 1. The van der Waals surface area contributed by atoms with Gasteiger partial charge in [0.15, 0.2) is 5.65 Å². The quantitative estimate of drug-likeness (QED) is 0.602. The average molecular weight is 359 g/mol. The third kappa shape index (κ3) is 2.52. The molecule has 4 heterocycles. The van der Waals surface area contributed by atoms with Crippen LogP contribution in [0.4, 0.5) is 0 Å². The van der Waals surface area contributed by atoms with Gasteiger partial charge in [0.25, 0.3) is 5.56 Å². The predicted molar refractivity (Wildman–Crippen MR) is 98.8 cm³/mol. The molecular formula is C19H17N7O. The number of nitrogens with one attached hydrogen (secondary N) is 1. The number of rotatable bonds is 3. The lowest BCUT2D eigenvalue weighted by Crippen LogP contribution is -2.27. The first kappa shape index (κ1) is 15.8. The topological polar surface area (TPSA) is 102 Å². The minimum Gasteiger partial charge on any atom is -0.310 e. The van der Waals surface area contributed by atoms with Crippen LogP contribution in [0.2, 0.25) is 0 Å². The molecule has 1 aliphatic rings. The van der Waals surface area contributed by atoms with Crippen molar-refractivity contribution < 1.29 is 0 Å². The van der Waals surface area contributed by atoms with Crippen molar-refractivity contribution in [2.24, 2.45) is 0 Å². The third-order valence-electron chi connectivity index (χ3n) is 5.24. The zero-order valence-electron chi connectivity index (χ0n) is 14.7. The van der Waals surface area contributed by atoms with Gasteiger partial charge in [-0.15, -0.1) is 0 Å². The van der Waals surface area contributed by atoms with E-state index in [1.54, 1.807) is 41.7 Å². The second-order valence-corrected chi connectivity index (χ2v) is 6.80. The first-order valence-corrected chi connectivity index (χ1v) is 8.88. The molecule has 0 spiro atoms. The molecule has 0 aliphatic heterocycles. The molecule has 0 aromatic carbocycles. The largest absolute Gasteiger partial charge is 0.310 e. The molecule has 8 heteroatoms. The minimum atomic E-state index is -0.178. The fourth-order valence-corrected chi connectivity index (χ4v) is 3.60. The van der Waals surface area contributed by atoms with Crippen molar-refractivity contribution in [1.29, 1.82) is 0 Å². The highest BCUT2D eigenvalue weighted by atomic mass is 16.1. The number of hydrogen-bond donors (Lipinski definition) is 1. The summed E-state index contributed by atoms with van der Waals surface area (Å²) in [6.45, 7) is 1.98. The first-order chi connectivity index (χ1) is 13.2. The number of pyridine rings is 1. The minimum absolute atomic E-state index is 0.0999. The van der Waals surface area contributed by atoms with Crippen molar-refractivity contribution in [2.45, 2.75) is 31.6 Å². The Morgan fingerprint density at radius 3 is 2.67 bits per heavy atom. The fourth-order valence-electron chi connectivity index (χ4n) is 3.60. The highest BCUT2D eigenvalue weighted by Gasteiger charge is 2.37. The molecule has 1 fully saturated rings. The lowest BCUT2D eigenvalue weighted by molar-refractivity contribution is 0.319. The number of aromatic amines is 1. The van der Waals surface area contributed by atoms with E-state index in [-0.39, 0.29) is 17.4 Å². The van der Waals surface area contributed by atoms with Gasteiger partial charge in [0.2, 0.25) is 0 Å². The summed E-state index contributed by atoms with van der Waals surface area (Å²) in [6, 6.07) is 3.71. The van der Waals surface area contributed by atoms with Gasteiger partial charge in [0.1, 0.15) is 17.0 Å². The highest BCUT2D eigenvalue weighted by molar-refractivity contribution is 5.75. The van der Waals surface area contributed by atoms with Crippen molar-refractivity contribution in [2.75, 3.05) is 0 Å². The average Bonchev–Trinajstić information content (AvgIpc) is 3.06. The van der Waals surface area contributed by atoms with Crippen molar-refractivity contribution >= 4 is 11.0 Å². The Labute approximate surface area is 154 Å². The second kappa shape index (κ2) is 6.08. The van der Waals surface area contributed by atoms with Crippen LogP contribution in [0.3, 0.4) is 0 Å². The van der Waals surface area contributed by atoms with E-state index in [1.807, 2.05) is 13.0 Å². The van der Waals surface area contributed by atoms with Gasteiger partial charge in [-0.05, 0) is 37.5 Å². The molecule has 1 N–H and O–H groups in total. The van der Waals surface area contributed by atoms with E-state index < -0.39 is 0 Å². The molecule has 0 amide bonds. The Bertz CT molecular complexity index is 1180. The fraction of sp³-hybridized carbons (Fsp3) is 0.263. The van der Waals surface area contributed by atoms with Gasteiger partial charge in [-0.25, -0.2) is 19.6 Å². The molecule has 0 bridgehead atoms. The predicted octanol–water partition coefficient (Wildman–Crippen LogP) is 2.26. The summed E-state index contributed by atoms with van der Waals surface area (Å²) in [5.74, 6) is 1.73. The summed E-state index contributed by atoms with van der Waals surface area (Å²) >= 11 is 0. The maximum Gasteiger partial charge on any atom is 0.262 e. The van der Waals surface area contributed by atoms with Crippen LogP contribution in [0.1, 0.15) is 41.9 Å². The molecule has 2 atom stereocenters. The van der Waals surface area contributed by atoms with E-state index in [0.29, 0.717) is 16.9 Å². The zero-order chi connectivity index (χ0) is 18.4. The van der Waals surface area contributed by atoms with Crippen LogP contribution in [0.5, 0.6) is 0 Å². The summed E-state index contributed by atoms with van der Waals surface area (Å²) in [7, 11) is 0. The standard InChI is InChI=1S/C19H17N7O/c1-11-5-8-20-10-15(11)26-18-14(9-23-26)19(27)25-17(24-18)13-4-3-12(13)16-21-6-2-7-22-16/h2,5-10,12-13H,3-4H2,1H3,(H,24,25,27)/t12-,13?/m0/s1. The number of aryl methyl sites for hydroxylation is 1. The Kier molecular flexibility index (Phi) is 3.56. The van der Waals surface area contributed by atoms with E-state index in [2.05, 4.69) is 25.0 Å². The van der Waals surface area contributed by atoms with Gasteiger partial charge in [0.05, 0.1) is 18.1 Å². The van der Waals surface area contributed by atoms with Gasteiger partial charge in [0, 0.05) is 30.4 Å². The molecule has 27 heavy (non-hydrogen) atoms. The Morgan fingerprint density at radius 1 is 1.11 bits per heavy atom. The van der Waals surface area contributed by atoms with Crippen LogP contribution in [0.25, 0.3) is 16.7 Å². The summed E-state index contributed by atoms with van der Waals surface area (Å²) in [6.07, 6.45) is 10.4. The second-order valence-electron chi connectivity index (χ2n) is 6.80. The highest BCUT2D eigenvalue weighted by Crippen LogP contribution is 2.46. The van der Waals surface area contributed by atoms with Crippen LogP contribution in [-0.4, -0.2) is 34.7 Å². The van der Waals surface area contributed by atoms with Gasteiger partial charge in [-0.2, -0.15) is 5.10 Å². The van der Waals surface area contributed by atoms with Crippen molar-refractivity contribution in [1.82, 2.24) is 34.7 Å². The normalized spacial score (nSPS) is 19.1. The SMILES string of the molecule is Cc1ccncc1-n1ncc2c(=O)[nH]c(C3CC[C@@H]3c3ncccn3)nc21. The number of nitrogens with zero attached hydrogens (tertiary/aromatic N) is 6. The van der Waals surface area contributed by atoms with Crippen molar-refractivity contribution in [3.63, 3.8) is 0 Å². The van der Waals surface area contributed by atoms with Gasteiger partial charge in [-0.3, -0.25) is 9.78 Å². The van der Waals surface area contributed by atoms with Crippen LogP contribution in [0.15, 0.2) is 47.9 Å². The molecule has 1 saturated carbocycles. The van der Waals surface area contributed by atoms with E-state index in [0.717, 1.165) is 29.9 Å². The summed E-state index contributed by atoms with van der Waals surface area (Å²) in [5.41, 5.74) is 2.19. The Hall–Kier alpha value is -3.42. The molecule has 0 saturated heterocycles. The number of aromatic nitrogens is 7. The monoisotopic (exact) mass is 359 g/mol. The van der Waals surface area contributed by atoms with Crippen LogP contribution in [0, 0.1) is 6.92 Å². The third-order valence-corrected chi connectivity index (χ3v) is 5.24. The van der Waals surface area contributed by atoms with Crippen LogP contribution >= 0.6 is 0 Å². The van der Waals surface area contributed by atoms with Crippen molar-refractivity contribution in [3.8, 4) is 5.69 Å². The lowest BCUT2D eigenvalue weighted by atomic mass is 9.72. The molecule has 8 nitrogen and oxygen atoms in total. The molecule has 5 rings (SSSR count). The summed E-state index contributed by atoms with van der Waals surface area (Å²) < 4.78 is 1.68. The summed E-state index contributed by atoms with van der Waals surface area (Å²) in [4.78, 5) is 33.3. The summed E-state index contributed by atoms with van der Waals surface area (Å²) in [5, 5.41) is 4.84. The molecule has 4 aromatic rings. The van der Waals surface area contributed by atoms with E-state index in [1.165, 1.54) is 0 Å². The first-order valence-electron chi connectivity index (χ1n) is 8.88. The molecule has 134 valence electrons. The van der Waals surface area contributed by atoms with Gasteiger partial charge >= 0.3 is 0 Å². The molecule has 1 unspecified atom stereocenters. The smallest absolute Gasteiger partial charge is 0.262 e. The Balaban J connectivity index is 1.62. The maximum absolute atomic E-state index is 12.6. The van der Waals surface area contributed by atoms with Gasteiger partial charge in [-0.1, -0.05) is 0 Å². The van der Waals surface area contributed by atoms with Gasteiger partial charge < -0.3 is 4.98 Å². The molecule has 4 aromatic heterocycles. The zero-order valence-corrected chi connectivity index (χ0v) is 14.7. The number of hydrogen-bond acceptors (Lipinski definition) is 6. The van der Waals surface area contributed by atoms with E-state index in [4.69, 9.17) is 4.98 Å². The maximum atomic E-state index is 12.6. The Morgan fingerprint density at radius 2 is 1.93 bits per heavy atom. The molecule has 1 aliphatic carbocycles. The molecule has 0 radical (unpaired) electrons.